The van der Waals surface area contributed by atoms with Gasteiger partial charge in [0.1, 0.15) is 0 Å². The lowest BCUT2D eigenvalue weighted by Gasteiger charge is -2.32. The number of carbonyl (C=O) groups is 1. The zero-order valence-electron chi connectivity index (χ0n) is 13.9. The summed E-state index contributed by atoms with van der Waals surface area (Å²) in [7, 11) is 0. The number of halogens is 2. The SMILES string of the molecule is CSCCC(N)C(=O)NC1CCN(Cc2ccc(F)c(F)c2)CC1. The number of thioether (sulfide) groups is 1. The summed E-state index contributed by atoms with van der Waals surface area (Å²) < 4.78 is 26.2. The highest BCUT2D eigenvalue weighted by atomic mass is 32.2. The number of nitrogens with zero attached hydrogens (tertiary/aromatic N) is 1. The Kier molecular flexibility index (Phi) is 7.45. The third-order valence-electron chi connectivity index (χ3n) is 4.29. The number of rotatable bonds is 7. The fraction of sp³-hybridized carbons (Fsp3) is 0.588. The van der Waals surface area contributed by atoms with Gasteiger partial charge in [-0.25, -0.2) is 8.78 Å². The minimum Gasteiger partial charge on any atom is -0.352 e. The van der Waals surface area contributed by atoms with Gasteiger partial charge < -0.3 is 11.1 Å². The van der Waals surface area contributed by atoms with E-state index in [1.807, 2.05) is 6.26 Å². The summed E-state index contributed by atoms with van der Waals surface area (Å²) in [4.78, 5) is 14.2. The molecule has 0 bridgehead atoms. The van der Waals surface area contributed by atoms with Gasteiger partial charge in [0.2, 0.25) is 5.91 Å². The van der Waals surface area contributed by atoms with Crippen molar-refractivity contribution in [3.05, 3.63) is 35.4 Å². The first kappa shape index (κ1) is 19.1. The second-order valence-corrected chi connectivity index (χ2v) is 7.18. The maximum atomic E-state index is 13.2. The summed E-state index contributed by atoms with van der Waals surface area (Å²) in [6.07, 6.45) is 4.35. The van der Waals surface area contributed by atoms with E-state index in [0.717, 1.165) is 43.3 Å². The summed E-state index contributed by atoms with van der Waals surface area (Å²) in [5.74, 6) is -0.837. The van der Waals surface area contributed by atoms with Gasteiger partial charge in [-0.2, -0.15) is 11.8 Å². The molecule has 1 aromatic rings. The summed E-state index contributed by atoms with van der Waals surface area (Å²) in [6.45, 7) is 2.21. The number of piperidine rings is 1. The molecule has 3 N–H and O–H groups in total. The second-order valence-electron chi connectivity index (χ2n) is 6.20. The highest BCUT2D eigenvalue weighted by Gasteiger charge is 2.23. The molecule has 24 heavy (non-hydrogen) atoms. The van der Waals surface area contributed by atoms with Crippen LogP contribution in [0.4, 0.5) is 8.78 Å². The van der Waals surface area contributed by atoms with Crippen LogP contribution in [0.2, 0.25) is 0 Å². The molecule has 1 saturated heterocycles. The van der Waals surface area contributed by atoms with Crippen molar-refractivity contribution in [3.63, 3.8) is 0 Å². The Morgan fingerprint density at radius 3 is 2.71 bits per heavy atom. The largest absolute Gasteiger partial charge is 0.352 e. The first-order chi connectivity index (χ1) is 11.5. The number of carbonyl (C=O) groups excluding carboxylic acids is 1. The van der Waals surface area contributed by atoms with Gasteiger partial charge in [0.25, 0.3) is 0 Å². The third kappa shape index (κ3) is 5.72. The molecule has 4 nitrogen and oxygen atoms in total. The summed E-state index contributed by atoms with van der Waals surface area (Å²) in [5.41, 5.74) is 6.63. The van der Waals surface area contributed by atoms with Crippen molar-refractivity contribution in [2.75, 3.05) is 25.1 Å². The topological polar surface area (TPSA) is 58.4 Å². The third-order valence-corrected chi connectivity index (χ3v) is 4.94. The number of benzene rings is 1. The first-order valence-electron chi connectivity index (χ1n) is 8.20. The Balaban J connectivity index is 1.74. The van der Waals surface area contributed by atoms with Crippen molar-refractivity contribution in [2.24, 2.45) is 5.73 Å². The van der Waals surface area contributed by atoms with E-state index in [2.05, 4.69) is 10.2 Å². The van der Waals surface area contributed by atoms with Crippen LogP contribution in [0.15, 0.2) is 18.2 Å². The van der Waals surface area contributed by atoms with Gasteiger partial charge in [-0.3, -0.25) is 9.69 Å². The molecule has 0 spiro atoms. The van der Waals surface area contributed by atoms with Crippen LogP contribution >= 0.6 is 11.8 Å². The Hall–Kier alpha value is -1.18. The van der Waals surface area contributed by atoms with Gasteiger partial charge in [0.15, 0.2) is 11.6 Å². The van der Waals surface area contributed by atoms with Crippen LogP contribution < -0.4 is 11.1 Å². The lowest BCUT2D eigenvalue weighted by atomic mass is 10.0. The fourth-order valence-electron chi connectivity index (χ4n) is 2.82. The van der Waals surface area contributed by atoms with Crippen molar-refractivity contribution in [3.8, 4) is 0 Å². The van der Waals surface area contributed by atoms with E-state index in [0.29, 0.717) is 13.0 Å². The number of hydrogen-bond acceptors (Lipinski definition) is 4. The van der Waals surface area contributed by atoms with Crippen LogP contribution in [0.3, 0.4) is 0 Å². The van der Waals surface area contributed by atoms with E-state index in [4.69, 9.17) is 5.73 Å². The average molecular weight is 357 g/mol. The zero-order chi connectivity index (χ0) is 17.5. The van der Waals surface area contributed by atoms with Gasteiger partial charge in [0, 0.05) is 25.7 Å². The number of nitrogens with two attached hydrogens (primary N) is 1. The van der Waals surface area contributed by atoms with E-state index in [1.54, 1.807) is 17.8 Å². The minimum absolute atomic E-state index is 0.0805. The smallest absolute Gasteiger partial charge is 0.237 e. The van der Waals surface area contributed by atoms with Crippen molar-refractivity contribution in [2.45, 2.75) is 37.9 Å². The molecule has 7 heteroatoms. The van der Waals surface area contributed by atoms with E-state index in [9.17, 15) is 13.6 Å². The van der Waals surface area contributed by atoms with Crippen LogP contribution in [0.25, 0.3) is 0 Å². The number of amides is 1. The lowest BCUT2D eigenvalue weighted by molar-refractivity contribution is -0.123. The molecule has 0 aromatic heterocycles. The van der Waals surface area contributed by atoms with Gasteiger partial charge >= 0.3 is 0 Å². The normalized spacial score (nSPS) is 17.7. The molecule has 1 heterocycles. The number of hydrogen-bond donors (Lipinski definition) is 2. The number of likely N-dealkylation sites (tertiary alicyclic amines) is 1. The molecular weight excluding hydrogens is 332 g/mol. The van der Waals surface area contributed by atoms with Crippen molar-refractivity contribution in [1.29, 1.82) is 0 Å². The molecule has 1 amide bonds. The highest BCUT2D eigenvalue weighted by Crippen LogP contribution is 2.16. The molecule has 0 saturated carbocycles. The van der Waals surface area contributed by atoms with E-state index in [1.165, 1.54) is 6.07 Å². The van der Waals surface area contributed by atoms with Gasteiger partial charge in [0.05, 0.1) is 6.04 Å². The highest BCUT2D eigenvalue weighted by molar-refractivity contribution is 7.98. The second kappa shape index (κ2) is 9.34. The maximum Gasteiger partial charge on any atom is 0.237 e. The lowest BCUT2D eigenvalue weighted by Crippen LogP contribution is -2.49. The Bertz CT molecular complexity index is 551. The van der Waals surface area contributed by atoms with Crippen LogP contribution in [-0.2, 0) is 11.3 Å². The molecule has 1 fully saturated rings. The summed E-state index contributed by atoms with van der Waals surface area (Å²) in [6, 6.07) is 3.70. The quantitative estimate of drug-likeness (QED) is 0.785. The molecule has 1 aliphatic rings. The maximum absolute atomic E-state index is 13.2. The molecule has 1 atom stereocenters. The van der Waals surface area contributed by atoms with E-state index in [-0.39, 0.29) is 11.9 Å². The molecular formula is C17H25F2N3OS. The van der Waals surface area contributed by atoms with Crippen LogP contribution in [0.1, 0.15) is 24.8 Å². The Morgan fingerprint density at radius 1 is 1.38 bits per heavy atom. The van der Waals surface area contributed by atoms with Crippen LogP contribution in [-0.4, -0.2) is 48.0 Å². The molecule has 0 aliphatic carbocycles. The van der Waals surface area contributed by atoms with Crippen molar-refractivity contribution in [1.82, 2.24) is 10.2 Å². The summed E-state index contributed by atoms with van der Waals surface area (Å²) >= 11 is 1.68. The Labute approximate surface area is 146 Å². The Morgan fingerprint density at radius 2 is 2.08 bits per heavy atom. The molecule has 1 aromatic carbocycles. The van der Waals surface area contributed by atoms with Crippen LogP contribution in [0, 0.1) is 11.6 Å². The standard InChI is InChI=1S/C17H25F2N3OS/c1-24-9-6-16(20)17(23)21-13-4-7-22(8-5-13)11-12-2-3-14(18)15(19)10-12/h2-3,10,13,16H,4-9,11,20H2,1H3,(H,21,23). The fourth-order valence-corrected chi connectivity index (χ4v) is 3.31. The van der Waals surface area contributed by atoms with Gasteiger partial charge in [-0.15, -0.1) is 0 Å². The average Bonchev–Trinajstić information content (AvgIpc) is 2.57. The minimum atomic E-state index is -0.821. The van der Waals surface area contributed by atoms with Gasteiger partial charge in [-0.05, 0) is 49.0 Å². The molecule has 1 unspecified atom stereocenters. The van der Waals surface area contributed by atoms with Crippen molar-refractivity contribution < 1.29 is 13.6 Å². The molecule has 0 radical (unpaired) electrons. The molecule has 134 valence electrons. The summed E-state index contributed by atoms with van der Waals surface area (Å²) in [5, 5.41) is 3.02. The van der Waals surface area contributed by atoms with E-state index >= 15 is 0 Å². The number of nitrogens with one attached hydrogen (secondary N) is 1. The monoisotopic (exact) mass is 357 g/mol. The molecule has 1 aliphatic heterocycles. The van der Waals surface area contributed by atoms with Crippen molar-refractivity contribution >= 4 is 17.7 Å². The zero-order valence-corrected chi connectivity index (χ0v) is 14.7. The predicted octanol–water partition coefficient (Wildman–Crippen LogP) is 2.13. The predicted molar refractivity (Wildman–Crippen MR) is 93.8 cm³/mol. The van der Waals surface area contributed by atoms with E-state index < -0.39 is 17.7 Å². The van der Waals surface area contributed by atoms with Gasteiger partial charge in [-0.1, -0.05) is 6.07 Å². The first-order valence-corrected chi connectivity index (χ1v) is 9.60. The molecule has 2 rings (SSSR count). The van der Waals surface area contributed by atoms with Crippen LogP contribution in [0.5, 0.6) is 0 Å².